The van der Waals surface area contributed by atoms with Crippen molar-refractivity contribution in [2.24, 2.45) is 0 Å². The van der Waals surface area contributed by atoms with Crippen molar-refractivity contribution >= 4 is 34.9 Å². The Kier molecular flexibility index (Phi) is 6.67. The molecule has 0 unspecified atom stereocenters. The Morgan fingerprint density at radius 1 is 1.15 bits per heavy atom. The van der Waals surface area contributed by atoms with E-state index in [0.717, 1.165) is 11.3 Å². The number of benzene rings is 2. The van der Waals surface area contributed by atoms with E-state index in [1.807, 2.05) is 13.0 Å². The molecule has 0 aliphatic rings. The van der Waals surface area contributed by atoms with Gasteiger partial charge in [-0.2, -0.15) is 5.10 Å². The van der Waals surface area contributed by atoms with Crippen LogP contribution in [0.5, 0.6) is 5.75 Å². The van der Waals surface area contributed by atoms with Crippen molar-refractivity contribution in [2.45, 2.75) is 27.0 Å². The summed E-state index contributed by atoms with van der Waals surface area (Å²) in [7, 11) is 0. The molecule has 2 heterocycles. The maximum atomic E-state index is 13.8. The molecule has 0 radical (unpaired) electrons. The molecule has 2 aromatic carbocycles. The Hall–Kier alpha value is -3.36. The minimum Gasteiger partial charge on any atom is -0.486 e. The highest BCUT2D eigenvalue weighted by Gasteiger charge is 2.22. The van der Waals surface area contributed by atoms with Gasteiger partial charge in [0.25, 0.3) is 5.91 Å². The molecule has 0 saturated carbocycles. The molecule has 1 N–H and O–H groups in total. The number of hydrogen-bond donors (Lipinski definition) is 1. The zero-order valence-corrected chi connectivity index (χ0v) is 19.2. The lowest BCUT2D eigenvalue weighted by molar-refractivity contribution is 0.101. The second-order valence-corrected chi connectivity index (χ2v) is 8.13. The smallest absolute Gasteiger partial charge is 0.279 e. The van der Waals surface area contributed by atoms with E-state index in [1.165, 1.54) is 12.1 Å². The molecule has 0 saturated heterocycles. The average molecular weight is 489 g/mol. The maximum absolute atomic E-state index is 13.8. The van der Waals surface area contributed by atoms with E-state index in [-0.39, 0.29) is 18.1 Å². The van der Waals surface area contributed by atoms with E-state index in [9.17, 15) is 9.18 Å². The van der Waals surface area contributed by atoms with E-state index in [1.54, 1.807) is 41.9 Å². The SMILES string of the molecule is Cc1onc(C(=O)Nc2cc(C)n(Cc3ccc(Cl)c(Cl)c3)n2)c1COc1ccccc1F. The molecule has 0 atom stereocenters. The number of rotatable bonds is 7. The molecule has 2 aromatic heterocycles. The first-order valence-electron chi connectivity index (χ1n) is 9.94. The number of halogens is 3. The maximum Gasteiger partial charge on any atom is 0.279 e. The monoisotopic (exact) mass is 488 g/mol. The molecule has 0 bridgehead atoms. The van der Waals surface area contributed by atoms with Gasteiger partial charge in [0.2, 0.25) is 0 Å². The van der Waals surface area contributed by atoms with E-state index in [2.05, 4.69) is 15.6 Å². The van der Waals surface area contributed by atoms with Crippen LogP contribution in [0.2, 0.25) is 10.0 Å². The Morgan fingerprint density at radius 3 is 2.70 bits per heavy atom. The van der Waals surface area contributed by atoms with E-state index >= 15 is 0 Å². The van der Waals surface area contributed by atoms with Gasteiger partial charge >= 0.3 is 0 Å². The van der Waals surface area contributed by atoms with Gasteiger partial charge in [0.1, 0.15) is 12.4 Å². The van der Waals surface area contributed by atoms with Crippen LogP contribution >= 0.6 is 23.2 Å². The van der Waals surface area contributed by atoms with Crippen molar-refractivity contribution in [3.8, 4) is 5.75 Å². The number of anilines is 1. The molecule has 7 nitrogen and oxygen atoms in total. The molecule has 33 heavy (non-hydrogen) atoms. The lowest BCUT2D eigenvalue weighted by atomic mass is 10.2. The average Bonchev–Trinajstić information content (AvgIpc) is 3.32. The highest BCUT2D eigenvalue weighted by atomic mass is 35.5. The summed E-state index contributed by atoms with van der Waals surface area (Å²) >= 11 is 12.1. The van der Waals surface area contributed by atoms with E-state index in [4.69, 9.17) is 32.5 Å². The van der Waals surface area contributed by atoms with Gasteiger partial charge in [-0.05, 0) is 43.7 Å². The van der Waals surface area contributed by atoms with Gasteiger partial charge in [0.15, 0.2) is 23.1 Å². The first-order valence-corrected chi connectivity index (χ1v) is 10.7. The van der Waals surface area contributed by atoms with Crippen LogP contribution in [-0.2, 0) is 13.2 Å². The lowest BCUT2D eigenvalue weighted by Crippen LogP contribution is -2.16. The number of nitrogens with one attached hydrogen (secondary N) is 1. The molecule has 4 aromatic rings. The summed E-state index contributed by atoms with van der Waals surface area (Å²) in [6.07, 6.45) is 0. The van der Waals surface area contributed by atoms with Crippen molar-refractivity contribution in [1.29, 1.82) is 0 Å². The summed E-state index contributed by atoms with van der Waals surface area (Å²) < 4.78 is 26.2. The van der Waals surface area contributed by atoms with Crippen molar-refractivity contribution in [2.75, 3.05) is 5.32 Å². The summed E-state index contributed by atoms with van der Waals surface area (Å²) in [5.74, 6) is -0.197. The minimum atomic E-state index is -0.516. The largest absolute Gasteiger partial charge is 0.486 e. The molecule has 10 heteroatoms. The van der Waals surface area contributed by atoms with Gasteiger partial charge in [0, 0.05) is 11.8 Å². The number of aromatic nitrogens is 3. The fourth-order valence-electron chi connectivity index (χ4n) is 3.17. The summed E-state index contributed by atoms with van der Waals surface area (Å²) in [6.45, 7) is 3.89. The second kappa shape index (κ2) is 9.64. The van der Waals surface area contributed by atoms with Crippen LogP contribution in [-0.4, -0.2) is 20.8 Å². The molecule has 1 amide bonds. The molecule has 0 fully saturated rings. The molecule has 4 rings (SSSR count). The molecular formula is C23H19Cl2FN4O3. The van der Waals surface area contributed by atoms with Crippen molar-refractivity contribution in [3.05, 3.63) is 92.7 Å². The highest BCUT2D eigenvalue weighted by Crippen LogP contribution is 2.24. The van der Waals surface area contributed by atoms with Crippen LogP contribution in [0, 0.1) is 19.7 Å². The normalized spacial score (nSPS) is 10.9. The van der Waals surface area contributed by atoms with Crippen molar-refractivity contribution < 1.29 is 18.4 Å². The van der Waals surface area contributed by atoms with Gasteiger partial charge in [-0.1, -0.05) is 46.6 Å². The highest BCUT2D eigenvalue weighted by molar-refractivity contribution is 6.42. The predicted molar refractivity (Wildman–Crippen MR) is 122 cm³/mol. The van der Waals surface area contributed by atoms with Crippen LogP contribution in [0.15, 0.2) is 53.1 Å². The third-order valence-corrected chi connectivity index (χ3v) is 5.69. The number of carbonyl (C=O) groups is 1. The van der Waals surface area contributed by atoms with Crippen LogP contribution in [0.25, 0.3) is 0 Å². The number of aryl methyl sites for hydroxylation is 2. The third kappa shape index (κ3) is 5.18. The summed E-state index contributed by atoms with van der Waals surface area (Å²) in [5.41, 5.74) is 2.20. The Balaban J connectivity index is 1.47. The number of para-hydroxylation sites is 1. The number of nitrogens with zero attached hydrogens (tertiary/aromatic N) is 3. The number of amides is 1. The van der Waals surface area contributed by atoms with Gasteiger partial charge in [-0.25, -0.2) is 4.39 Å². The quantitative estimate of drug-likeness (QED) is 0.354. The van der Waals surface area contributed by atoms with Crippen molar-refractivity contribution in [1.82, 2.24) is 14.9 Å². The lowest BCUT2D eigenvalue weighted by Gasteiger charge is -2.07. The van der Waals surface area contributed by atoms with Gasteiger partial charge in [-0.15, -0.1) is 0 Å². The molecule has 0 spiro atoms. The predicted octanol–water partition coefficient (Wildman–Crippen LogP) is 5.81. The van der Waals surface area contributed by atoms with Crippen LogP contribution < -0.4 is 10.1 Å². The van der Waals surface area contributed by atoms with Gasteiger partial charge in [-0.3, -0.25) is 9.48 Å². The van der Waals surface area contributed by atoms with Crippen molar-refractivity contribution in [3.63, 3.8) is 0 Å². The van der Waals surface area contributed by atoms with Gasteiger partial charge in [0.05, 0.1) is 22.2 Å². The number of hydrogen-bond acceptors (Lipinski definition) is 5. The molecule has 0 aliphatic carbocycles. The van der Waals surface area contributed by atoms with Crippen LogP contribution in [0.1, 0.15) is 33.1 Å². The van der Waals surface area contributed by atoms with E-state index < -0.39 is 11.7 Å². The van der Waals surface area contributed by atoms with E-state index in [0.29, 0.717) is 33.7 Å². The molecule has 0 aliphatic heterocycles. The zero-order valence-electron chi connectivity index (χ0n) is 17.7. The standard InChI is InChI=1S/C23H19Cl2FN4O3/c1-13-9-21(28-30(13)11-15-7-8-17(24)18(25)10-15)27-23(31)22-16(14(2)33-29-22)12-32-20-6-4-3-5-19(20)26/h3-10H,11-12H2,1-2H3,(H,27,28,31). The Bertz CT molecular complexity index is 1320. The summed E-state index contributed by atoms with van der Waals surface area (Å²) in [5, 5.41) is 11.9. The van der Waals surface area contributed by atoms with Gasteiger partial charge < -0.3 is 14.6 Å². The Labute approximate surface area is 199 Å². The summed E-state index contributed by atoms with van der Waals surface area (Å²) in [6, 6.07) is 13.1. The van der Waals surface area contributed by atoms with Crippen LogP contribution in [0.3, 0.4) is 0 Å². The fraction of sp³-hybridized carbons (Fsp3) is 0.174. The first-order chi connectivity index (χ1) is 15.8. The molecule has 170 valence electrons. The first kappa shape index (κ1) is 22.8. The molecular weight excluding hydrogens is 470 g/mol. The van der Waals surface area contributed by atoms with Crippen LogP contribution in [0.4, 0.5) is 10.2 Å². The Morgan fingerprint density at radius 2 is 1.94 bits per heavy atom. The second-order valence-electron chi connectivity index (χ2n) is 7.32. The number of ether oxygens (including phenoxy) is 1. The number of carbonyl (C=O) groups excluding carboxylic acids is 1. The topological polar surface area (TPSA) is 82.2 Å². The zero-order chi connectivity index (χ0) is 23.5. The fourth-order valence-corrected chi connectivity index (χ4v) is 3.49. The third-order valence-electron chi connectivity index (χ3n) is 4.95. The summed E-state index contributed by atoms with van der Waals surface area (Å²) in [4.78, 5) is 12.8. The minimum absolute atomic E-state index is 0.0422.